The predicted octanol–water partition coefficient (Wildman–Crippen LogP) is 2.66. The maximum absolute atomic E-state index is 13.0. The number of carbonyl (C=O) groups excluding carboxylic acids is 2. The highest BCUT2D eigenvalue weighted by molar-refractivity contribution is 5.94. The smallest absolute Gasteiger partial charge is 0.289 e. The van der Waals surface area contributed by atoms with Crippen LogP contribution < -0.4 is 5.43 Å². The summed E-state index contributed by atoms with van der Waals surface area (Å²) in [5.74, 6) is -0.0922. The molecule has 0 saturated carbocycles. The number of nitrogens with zero attached hydrogens (tertiary/aromatic N) is 2. The van der Waals surface area contributed by atoms with Gasteiger partial charge in [0.2, 0.25) is 5.91 Å². The SMILES string of the molecule is CCCN1CCC[C@]2(CCN(C(=O)c3cc(=O)c4ccccc4o3)C2)C1=O. The standard InChI is InChI=1S/C21H24N2O4/c1-2-10-22-11-5-8-21(20(22)26)9-12-23(14-21)19(25)18-13-16(24)15-6-3-4-7-17(15)27-18/h3-4,6-7,13H,2,5,8-12,14H2,1H3/t21-/m1/s1. The molecule has 1 aromatic heterocycles. The summed E-state index contributed by atoms with van der Waals surface area (Å²) in [4.78, 5) is 41.8. The van der Waals surface area contributed by atoms with E-state index in [9.17, 15) is 14.4 Å². The molecule has 27 heavy (non-hydrogen) atoms. The van der Waals surface area contributed by atoms with Crippen molar-refractivity contribution in [2.45, 2.75) is 32.6 Å². The third-order valence-electron chi connectivity index (χ3n) is 5.80. The number of likely N-dealkylation sites (tertiary alicyclic amines) is 2. The number of benzene rings is 1. The molecule has 4 rings (SSSR count). The van der Waals surface area contributed by atoms with E-state index in [1.165, 1.54) is 6.07 Å². The summed E-state index contributed by atoms with van der Waals surface area (Å²) < 4.78 is 5.69. The van der Waals surface area contributed by atoms with Crippen LogP contribution in [0.4, 0.5) is 0 Å². The van der Waals surface area contributed by atoms with Crippen molar-refractivity contribution < 1.29 is 14.0 Å². The largest absolute Gasteiger partial charge is 0.451 e. The van der Waals surface area contributed by atoms with Gasteiger partial charge in [-0.2, -0.15) is 0 Å². The fourth-order valence-corrected chi connectivity index (χ4v) is 4.43. The van der Waals surface area contributed by atoms with E-state index in [4.69, 9.17) is 4.42 Å². The summed E-state index contributed by atoms with van der Waals surface area (Å²) >= 11 is 0. The minimum atomic E-state index is -0.472. The second-order valence-electron chi connectivity index (χ2n) is 7.62. The molecule has 2 aliphatic rings. The maximum Gasteiger partial charge on any atom is 0.289 e. The minimum absolute atomic E-state index is 0.0458. The van der Waals surface area contributed by atoms with Gasteiger partial charge in [-0.05, 0) is 37.8 Å². The Morgan fingerprint density at radius 1 is 1.19 bits per heavy atom. The highest BCUT2D eigenvalue weighted by atomic mass is 16.3. The van der Waals surface area contributed by atoms with Gasteiger partial charge in [0.25, 0.3) is 5.91 Å². The first-order valence-electron chi connectivity index (χ1n) is 9.66. The fourth-order valence-electron chi connectivity index (χ4n) is 4.43. The molecule has 2 aromatic rings. The van der Waals surface area contributed by atoms with Crippen molar-refractivity contribution in [1.29, 1.82) is 0 Å². The van der Waals surface area contributed by atoms with Gasteiger partial charge in [0.05, 0.1) is 10.8 Å². The van der Waals surface area contributed by atoms with Crippen molar-refractivity contribution in [3.63, 3.8) is 0 Å². The quantitative estimate of drug-likeness (QED) is 0.835. The molecule has 6 nitrogen and oxygen atoms in total. The first-order chi connectivity index (χ1) is 13.0. The van der Waals surface area contributed by atoms with Gasteiger partial charge in [0, 0.05) is 32.2 Å². The average molecular weight is 368 g/mol. The molecule has 0 aliphatic carbocycles. The lowest BCUT2D eigenvalue weighted by molar-refractivity contribution is -0.145. The zero-order chi connectivity index (χ0) is 19.0. The van der Waals surface area contributed by atoms with Crippen LogP contribution in [0.3, 0.4) is 0 Å². The van der Waals surface area contributed by atoms with E-state index in [-0.39, 0.29) is 23.0 Å². The summed E-state index contributed by atoms with van der Waals surface area (Å²) in [5, 5.41) is 0.463. The van der Waals surface area contributed by atoms with Gasteiger partial charge in [-0.15, -0.1) is 0 Å². The van der Waals surface area contributed by atoms with E-state index >= 15 is 0 Å². The average Bonchev–Trinajstić information content (AvgIpc) is 3.10. The molecule has 3 heterocycles. The molecule has 1 atom stereocenters. The molecule has 2 aliphatic heterocycles. The third kappa shape index (κ3) is 3.03. The second-order valence-corrected chi connectivity index (χ2v) is 7.62. The molecule has 142 valence electrons. The van der Waals surface area contributed by atoms with Gasteiger partial charge in [0.1, 0.15) is 5.58 Å². The normalized spacial score (nSPS) is 22.8. The molecule has 0 radical (unpaired) electrons. The lowest BCUT2D eigenvalue weighted by Gasteiger charge is -2.39. The number of hydrogen-bond acceptors (Lipinski definition) is 4. The van der Waals surface area contributed by atoms with Crippen molar-refractivity contribution in [2.24, 2.45) is 5.41 Å². The molecule has 2 fully saturated rings. The van der Waals surface area contributed by atoms with Crippen LogP contribution in [0.5, 0.6) is 0 Å². The van der Waals surface area contributed by atoms with Crippen LogP contribution >= 0.6 is 0 Å². The molecule has 0 N–H and O–H groups in total. The zero-order valence-electron chi connectivity index (χ0n) is 15.6. The first-order valence-corrected chi connectivity index (χ1v) is 9.66. The van der Waals surface area contributed by atoms with Gasteiger partial charge >= 0.3 is 0 Å². The number of amides is 2. The van der Waals surface area contributed by atoms with E-state index < -0.39 is 5.41 Å². The van der Waals surface area contributed by atoms with Crippen LogP contribution in [-0.2, 0) is 4.79 Å². The van der Waals surface area contributed by atoms with Crippen LogP contribution in [0.15, 0.2) is 39.5 Å². The highest BCUT2D eigenvalue weighted by Gasteiger charge is 2.49. The molecule has 2 saturated heterocycles. The summed E-state index contributed by atoms with van der Waals surface area (Å²) in [6, 6.07) is 8.17. The lowest BCUT2D eigenvalue weighted by Crippen LogP contribution is -2.50. The summed E-state index contributed by atoms with van der Waals surface area (Å²) in [5.41, 5.74) is -0.290. The van der Waals surface area contributed by atoms with Gasteiger partial charge < -0.3 is 14.2 Å². The van der Waals surface area contributed by atoms with E-state index in [1.54, 1.807) is 29.2 Å². The lowest BCUT2D eigenvalue weighted by atomic mass is 9.78. The minimum Gasteiger partial charge on any atom is -0.451 e. The predicted molar refractivity (Wildman–Crippen MR) is 102 cm³/mol. The Labute approximate surface area is 157 Å². The Balaban J connectivity index is 1.58. The molecule has 0 unspecified atom stereocenters. The molecular weight excluding hydrogens is 344 g/mol. The Hall–Kier alpha value is -2.63. The van der Waals surface area contributed by atoms with Gasteiger partial charge in [-0.3, -0.25) is 14.4 Å². The van der Waals surface area contributed by atoms with Gasteiger partial charge in [-0.25, -0.2) is 0 Å². The molecule has 2 amide bonds. The van der Waals surface area contributed by atoms with Crippen molar-refractivity contribution in [1.82, 2.24) is 9.80 Å². The summed E-state index contributed by atoms with van der Waals surface area (Å²) in [7, 11) is 0. The van der Waals surface area contributed by atoms with E-state index in [0.29, 0.717) is 30.5 Å². The first kappa shape index (κ1) is 17.8. The van der Waals surface area contributed by atoms with Crippen molar-refractivity contribution in [2.75, 3.05) is 26.2 Å². The monoisotopic (exact) mass is 368 g/mol. The van der Waals surface area contributed by atoms with Crippen molar-refractivity contribution in [3.05, 3.63) is 46.3 Å². The Kier molecular flexibility index (Phi) is 4.50. The van der Waals surface area contributed by atoms with Crippen LogP contribution in [0.2, 0.25) is 0 Å². The number of hydrogen-bond donors (Lipinski definition) is 0. The Morgan fingerprint density at radius 3 is 2.81 bits per heavy atom. The molecule has 1 aromatic carbocycles. The highest BCUT2D eigenvalue weighted by Crippen LogP contribution is 2.40. The summed E-state index contributed by atoms with van der Waals surface area (Å²) in [6.07, 6.45) is 3.40. The number of para-hydroxylation sites is 1. The molecule has 6 heteroatoms. The van der Waals surface area contributed by atoms with Crippen LogP contribution in [0.25, 0.3) is 11.0 Å². The van der Waals surface area contributed by atoms with E-state index in [1.807, 2.05) is 4.90 Å². The number of fused-ring (bicyclic) bond motifs is 1. The number of rotatable bonds is 3. The van der Waals surface area contributed by atoms with E-state index in [0.717, 1.165) is 32.4 Å². The van der Waals surface area contributed by atoms with Gasteiger partial charge in [-0.1, -0.05) is 19.1 Å². The number of carbonyl (C=O) groups is 2. The Morgan fingerprint density at radius 2 is 2.00 bits per heavy atom. The Bertz CT molecular complexity index is 949. The second kappa shape index (κ2) is 6.83. The molecule has 1 spiro atoms. The zero-order valence-corrected chi connectivity index (χ0v) is 15.6. The third-order valence-corrected chi connectivity index (χ3v) is 5.80. The topological polar surface area (TPSA) is 70.8 Å². The molecular formula is C21H24N2O4. The van der Waals surface area contributed by atoms with E-state index in [2.05, 4.69) is 6.92 Å². The number of piperidine rings is 1. The molecule has 0 bridgehead atoms. The fraction of sp³-hybridized carbons (Fsp3) is 0.476. The van der Waals surface area contributed by atoms with Crippen LogP contribution in [0.1, 0.15) is 43.2 Å². The van der Waals surface area contributed by atoms with Crippen LogP contribution in [-0.4, -0.2) is 47.8 Å². The van der Waals surface area contributed by atoms with Crippen molar-refractivity contribution in [3.8, 4) is 0 Å². The van der Waals surface area contributed by atoms with Crippen molar-refractivity contribution >= 4 is 22.8 Å². The van der Waals surface area contributed by atoms with Crippen LogP contribution in [0, 0.1) is 5.41 Å². The maximum atomic E-state index is 13.0. The summed E-state index contributed by atoms with van der Waals surface area (Å²) in [6.45, 7) is 4.57. The van der Waals surface area contributed by atoms with Gasteiger partial charge in [0.15, 0.2) is 11.2 Å².